The first kappa shape index (κ1) is 23.0. The molecule has 2 saturated heterocycles. The highest BCUT2D eigenvalue weighted by atomic mass is 16.5. The number of nitrogens with zero attached hydrogens (tertiary/aromatic N) is 3. The second kappa shape index (κ2) is 9.75. The van der Waals surface area contributed by atoms with Gasteiger partial charge in [-0.15, -0.1) is 0 Å². The highest BCUT2D eigenvalue weighted by Crippen LogP contribution is 2.37. The number of carbonyl (C=O) groups is 1. The molecule has 6 nitrogen and oxygen atoms in total. The Morgan fingerprint density at radius 1 is 1.12 bits per heavy atom. The summed E-state index contributed by atoms with van der Waals surface area (Å²) in [5, 5.41) is 0.888. The average Bonchev–Trinajstić information content (AvgIpc) is 3.01. The molecule has 174 valence electrons. The number of esters is 1. The summed E-state index contributed by atoms with van der Waals surface area (Å²) >= 11 is 0. The van der Waals surface area contributed by atoms with Gasteiger partial charge in [0.1, 0.15) is 11.7 Å². The van der Waals surface area contributed by atoms with Crippen LogP contribution in [0, 0.1) is 0 Å². The van der Waals surface area contributed by atoms with Gasteiger partial charge >= 0.3 is 5.97 Å². The fourth-order valence-electron chi connectivity index (χ4n) is 5.64. The molecule has 4 rings (SSSR count). The van der Waals surface area contributed by atoms with Crippen molar-refractivity contribution in [2.45, 2.75) is 77.6 Å². The molecule has 3 heterocycles. The molecule has 2 aliphatic heterocycles. The van der Waals surface area contributed by atoms with Crippen LogP contribution in [0.25, 0.3) is 10.9 Å². The van der Waals surface area contributed by atoms with E-state index in [0.29, 0.717) is 12.1 Å². The lowest BCUT2D eigenvalue weighted by Gasteiger charge is -2.39. The van der Waals surface area contributed by atoms with Crippen molar-refractivity contribution in [3.63, 3.8) is 0 Å². The maximum atomic E-state index is 13.2. The molecule has 6 heteroatoms. The van der Waals surface area contributed by atoms with Crippen molar-refractivity contribution >= 4 is 16.9 Å². The lowest BCUT2D eigenvalue weighted by Crippen LogP contribution is -2.48. The van der Waals surface area contributed by atoms with Crippen LogP contribution in [-0.4, -0.2) is 64.7 Å². The Hall–Kier alpha value is -2.18. The summed E-state index contributed by atoms with van der Waals surface area (Å²) in [7, 11) is 0. The minimum atomic E-state index is -0.476. The van der Waals surface area contributed by atoms with Crippen LogP contribution in [0.15, 0.2) is 35.1 Å². The number of ether oxygens (including phenoxy) is 1. The van der Waals surface area contributed by atoms with E-state index in [0.717, 1.165) is 49.9 Å². The number of hydrogen-bond donors (Lipinski definition) is 0. The molecule has 2 aromatic rings. The van der Waals surface area contributed by atoms with E-state index >= 15 is 0 Å². The van der Waals surface area contributed by atoms with Gasteiger partial charge in [-0.2, -0.15) is 0 Å². The number of hydrogen-bond acceptors (Lipinski definition) is 5. The van der Waals surface area contributed by atoms with Gasteiger partial charge in [-0.3, -0.25) is 9.69 Å². The number of benzene rings is 1. The van der Waals surface area contributed by atoms with Crippen molar-refractivity contribution in [1.82, 2.24) is 14.4 Å². The number of pyridine rings is 1. The van der Waals surface area contributed by atoms with Crippen LogP contribution < -0.4 is 5.56 Å². The Labute approximate surface area is 191 Å². The molecule has 2 bridgehead atoms. The van der Waals surface area contributed by atoms with E-state index in [9.17, 15) is 9.59 Å². The molecular formula is C26H37N3O3. The molecule has 2 unspecified atom stereocenters. The van der Waals surface area contributed by atoms with Gasteiger partial charge in [-0.1, -0.05) is 32.0 Å². The van der Waals surface area contributed by atoms with Crippen LogP contribution >= 0.6 is 0 Å². The zero-order valence-electron chi connectivity index (χ0n) is 19.9. The molecule has 1 aromatic carbocycles. The van der Waals surface area contributed by atoms with Crippen LogP contribution in [-0.2, 0) is 4.74 Å². The van der Waals surface area contributed by atoms with Crippen LogP contribution in [0.1, 0.15) is 69.8 Å². The van der Waals surface area contributed by atoms with Gasteiger partial charge in [-0.05, 0) is 57.3 Å². The lowest BCUT2D eigenvalue weighted by atomic mass is 9.99. The topological polar surface area (TPSA) is 54.8 Å². The quantitative estimate of drug-likeness (QED) is 0.580. The molecule has 2 aliphatic rings. The third kappa shape index (κ3) is 4.48. The molecule has 1 aromatic heterocycles. The minimum absolute atomic E-state index is 0.0370. The van der Waals surface area contributed by atoms with Gasteiger partial charge in [-0.25, -0.2) is 4.79 Å². The Morgan fingerprint density at radius 2 is 1.78 bits per heavy atom. The number of carbonyl (C=O) groups excluding carboxylic acids is 1. The van der Waals surface area contributed by atoms with Crippen molar-refractivity contribution in [3.8, 4) is 0 Å². The Balaban J connectivity index is 1.47. The summed E-state index contributed by atoms with van der Waals surface area (Å²) in [5.41, 5.74) is 0.737. The third-order valence-electron chi connectivity index (χ3n) is 7.37. The van der Waals surface area contributed by atoms with Gasteiger partial charge in [0.15, 0.2) is 0 Å². The summed E-state index contributed by atoms with van der Waals surface area (Å²) in [6.07, 6.45) is 3.97. The monoisotopic (exact) mass is 439 g/mol. The van der Waals surface area contributed by atoms with Crippen molar-refractivity contribution in [2.24, 2.45) is 0 Å². The average molecular weight is 440 g/mol. The standard InChI is InChI=1S/C26H37N3O3/c1-5-27(6-2)13-14-28-20-11-12-21(28)17-22(16-20)32-26(31)23-15-19-9-7-8-10-24(19)29(18(3)4)25(23)30/h7-10,15,18,20-22H,5-6,11-14,16-17H2,1-4H3. The largest absolute Gasteiger partial charge is 0.459 e. The van der Waals surface area contributed by atoms with Crippen LogP contribution in [0.4, 0.5) is 0 Å². The first-order chi connectivity index (χ1) is 15.4. The number of rotatable bonds is 8. The van der Waals surface area contributed by atoms with Crippen LogP contribution in [0.5, 0.6) is 0 Å². The number of aromatic nitrogens is 1. The fraction of sp³-hybridized carbons (Fsp3) is 0.615. The molecule has 2 atom stereocenters. The fourth-order valence-corrected chi connectivity index (χ4v) is 5.64. The Kier molecular flexibility index (Phi) is 7.01. The van der Waals surface area contributed by atoms with Crippen molar-refractivity contribution < 1.29 is 9.53 Å². The summed E-state index contributed by atoms with van der Waals surface area (Å²) in [4.78, 5) is 31.4. The van der Waals surface area contributed by atoms with Gasteiger partial charge in [0, 0.05) is 44.1 Å². The summed E-state index contributed by atoms with van der Waals surface area (Å²) in [5.74, 6) is -0.476. The Morgan fingerprint density at radius 3 is 2.41 bits per heavy atom. The first-order valence-corrected chi connectivity index (χ1v) is 12.3. The number of piperidine rings is 1. The summed E-state index contributed by atoms with van der Waals surface area (Å²) in [6.45, 7) is 12.7. The van der Waals surface area contributed by atoms with E-state index in [2.05, 4.69) is 23.6 Å². The van der Waals surface area contributed by atoms with E-state index in [-0.39, 0.29) is 23.3 Å². The van der Waals surface area contributed by atoms with E-state index < -0.39 is 5.97 Å². The van der Waals surface area contributed by atoms with E-state index in [1.54, 1.807) is 10.6 Å². The second-order valence-electron chi connectivity index (χ2n) is 9.53. The van der Waals surface area contributed by atoms with Gasteiger partial charge in [0.2, 0.25) is 0 Å². The molecule has 0 aliphatic carbocycles. The lowest BCUT2D eigenvalue weighted by molar-refractivity contribution is -0.00778. The van der Waals surface area contributed by atoms with Crippen molar-refractivity contribution in [1.29, 1.82) is 0 Å². The van der Waals surface area contributed by atoms with E-state index in [1.807, 2.05) is 38.1 Å². The number of likely N-dealkylation sites (N-methyl/N-ethyl adjacent to an activating group) is 1. The molecule has 2 fully saturated rings. The second-order valence-corrected chi connectivity index (χ2v) is 9.53. The van der Waals surface area contributed by atoms with Crippen molar-refractivity contribution in [2.75, 3.05) is 26.2 Å². The maximum Gasteiger partial charge on any atom is 0.344 e. The highest BCUT2D eigenvalue weighted by Gasteiger charge is 2.42. The highest BCUT2D eigenvalue weighted by molar-refractivity contribution is 5.94. The molecule has 0 radical (unpaired) electrons. The minimum Gasteiger partial charge on any atom is -0.459 e. The zero-order valence-corrected chi connectivity index (χ0v) is 19.9. The zero-order chi connectivity index (χ0) is 22.8. The number of para-hydroxylation sites is 1. The normalized spacial score (nSPS) is 23.4. The third-order valence-corrected chi connectivity index (χ3v) is 7.37. The predicted molar refractivity (Wildman–Crippen MR) is 128 cm³/mol. The van der Waals surface area contributed by atoms with Crippen molar-refractivity contribution in [3.05, 3.63) is 46.2 Å². The molecule has 32 heavy (non-hydrogen) atoms. The van der Waals surface area contributed by atoms with Gasteiger partial charge < -0.3 is 14.2 Å². The SMILES string of the molecule is CCN(CC)CCN1C2CCC1CC(OC(=O)c1cc3ccccc3n(C(C)C)c1=O)C2. The maximum absolute atomic E-state index is 13.2. The molecule has 0 N–H and O–H groups in total. The van der Waals surface area contributed by atoms with Crippen LogP contribution in [0.3, 0.4) is 0 Å². The van der Waals surface area contributed by atoms with Gasteiger partial charge in [0.05, 0.1) is 5.52 Å². The number of fused-ring (bicyclic) bond motifs is 3. The van der Waals surface area contributed by atoms with E-state index in [1.165, 1.54) is 12.8 Å². The summed E-state index contributed by atoms with van der Waals surface area (Å²) in [6, 6.07) is 10.3. The first-order valence-electron chi connectivity index (χ1n) is 12.3. The molecule has 0 saturated carbocycles. The molecule has 0 amide bonds. The van der Waals surface area contributed by atoms with Crippen LogP contribution in [0.2, 0.25) is 0 Å². The molecular weight excluding hydrogens is 402 g/mol. The Bertz CT molecular complexity index is 997. The smallest absolute Gasteiger partial charge is 0.344 e. The van der Waals surface area contributed by atoms with Gasteiger partial charge in [0.25, 0.3) is 5.56 Å². The van der Waals surface area contributed by atoms with E-state index in [4.69, 9.17) is 4.74 Å². The summed E-state index contributed by atoms with van der Waals surface area (Å²) < 4.78 is 7.65. The predicted octanol–water partition coefficient (Wildman–Crippen LogP) is 4.08. The molecule has 0 spiro atoms.